The van der Waals surface area contributed by atoms with Crippen LogP contribution in [0.4, 0.5) is 10.2 Å². The zero-order valence-corrected chi connectivity index (χ0v) is 11.1. The fraction of sp³-hybridized carbons (Fsp3) is 0.267. The molecule has 0 saturated heterocycles. The van der Waals surface area contributed by atoms with E-state index in [2.05, 4.69) is 10.3 Å². The lowest BCUT2D eigenvalue weighted by molar-refractivity contribution is 0.289. The van der Waals surface area contributed by atoms with Gasteiger partial charge in [0.1, 0.15) is 12.4 Å². The van der Waals surface area contributed by atoms with E-state index in [9.17, 15) is 4.39 Å². The molecule has 0 saturated carbocycles. The Bertz CT molecular complexity index is 540. The number of nitrogens with zero attached hydrogens (tertiary/aromatic N) is 1. The highest BCUT2D eigenvalue weighted by atomic mass is 19.1. The number of anilines is 1. The van der Waals surface area contributed by atoms with Gasteiger partial charge in [0.25, 0.3) is 0 Å². The first-order valence-corrected chi connectivity index (χ1v) is 6.27. The van der Waals surface area contributed by atoms with Crippen LogP contribution in [0.1, 0.15) is 18.1 Å². The van der Waals surface area contributed by atoms with E-state index in [1.165, 1.54) is 0 Å². The normalized spacial score (nSPS) is 10.3. The number of hydrogen-bond donors (Lipinski definition) is 1. The molecule has 0 aliphatic rings. The Balaban J connectivity index is 2.00. The fourth-order valence-corrected chi connectivity index (χ4v) is 1.69. The number of hydrogen-bond acceptors (Lipinski definition) is 3. The predicted molar refractivity (Wildman–Crippen MR) is 73.9 cm³/mol. The molecule has 2 aromatic rings. The first-order valence-electron chi connectivity index (χ1n) is 6.27. The SMILES string of the molecule is CCNc1ccc(COc2cccc(C)c2F)cn1. The van der Waals surface area contributed by atoms with Gasteiger partial charge in [0.15, 0.2) is 11.6 Å². The summed E-state index contributed by atoms with van der Waals surface area (Å²) in [6.45, 7) is 4.87. The summed E-state index contributed by atoms with van der Waals surface area (Å²) in [6, 6.07) is 8.92. The van der Waals surface area contributed by atoms with Crippen LogP contribution in [0.15, 0.2) is 36.5 Å². The van der Waals surface area contributed by atoms with E-state index in [4.69, 9.17) is 4.74 Å². The second kappa shape index (κ2) is 6.18. The van der Waals surface area contributed by atoms with Crippen molar-refractivity contribution in [3.8, 4) is 5.75 Å². The van der Waals surface area contributed by atoms with Crippen molar-refractivity contribution >= 4 is 5.82 Å². The molecule has 2 rings (SSSR count). The van der Waals surface area contributed by atoms with Crippen molar-refractivity contribution in [2.45, 2.75) is 20.5 Å². The number of pyridine rings is 1. The third-order valence-corrected chi connectivity index (χ3v) is 2.73. The second-order valence-electron chi connectivity index (χ2n) is 4.26. The lowest BCUT2D eigenvalue weighted by Crippen LogP contribution is -2.01. The summed E-state index contributed by atoms with van der Waals surface area (Å²) in [5.74, 6) is 0.795. The summed E-state index contributed by atoms with van der Waals surface area (Å²) in [5, 5.41) is 3.11. The topological polar surface area (TPSA) is 34.1 Å². The highest BCUT2D eigenvalue weighted by molar-refractivity contribution is 5.35. The van der Waals surface area contributed by atoms with Gasteiger partial charge in [-0.05, 0) is 31.5 Å². The largest absolute Gasteiger partial charge is 0.486 e. The van der Waals surface area contributed by atoms with Gasteiger partial charge >= 0.3 is 0 Å². The van der Waals surface area contributed by atoms with E-state index in [1.807, 2.05) is 19.1 Å². The Morgan fingerprint density at radius 3 is 2.79 bits per heavy atom. The molecule has 3 nitrogen and oxygen atoms in total. The molecule has 19 heavy (non-hydrogen) atoms. The number of halogens is 1. The molecule has 0 aliphatic carbocycles. The Morgan fingerprint density at radius 1 is 1.26 bits per heavy atom. The maximum atomic E-state index is 13.7. The van der Waals surface area contributed by atoms with Crippen molar-refractivity contribution in [2.75, 3.05) is 11.9 Å². The summed E-state index contributed by atoms with van der Waals surface area (Å²) in [5.41, 5.74) is 1.49. The molecule has 4 heteroatoms. The van der Waals surface area contributed by atoms with Gasteiger partial charge in [-0.1, -0.05) is 18.2 Å². The van der Waals surface area contributed by atoms with Crippen LogP contribution in [0.5, 0.6) is 5.75 Å². The standard InChI is InChI=1S/C15H17FN2O/c1-3-17-14-8-7-12(9-18-14)10-19-13-6-4-5-11(2)15(13)16/h4-9H,3,10H2,1-2H3,(H,17,18). The smallest absolute Gasteiger partial charge is 0.167 e. The summed E-state index contributed by atoms with van der Waals surface area (Å²) in [6.07, 6.45) is 1.73. The minimum Gasteiger partial charge on any atom is -0.486 e. The van der Waals surface area contributed by atoms with Crippen LogP contribution in [-0.4, -0.2) is 11.5 Å². The quantitative estimate of drug-likeness (QED) is 0.892. The van der Waals surface area contributed by atoms with Crippen molar-refractivity contribution in [3.63, 3.8) is 0 Å². The van der Waals surface area contributed by atoms with Crippen LogP contribution >= 0.6 is 0 Å². The third kappa shape index (κ3) is 3.44. The number of aryl methyl sites for hydroxylation is 1. The molecule has 1 aromatic heterocycles. The van der Waals surface area contributed by atoms with E-state index < -0.39 is 0 Å². The van der Waals surface area contributed by atoms with Crippen LogP contribution in [0, 0.1) is 12.7 Å². The maximum absolute atomic E-state index is 13.7. The molecule has 1 aromatic carbocycles. The number of nitrogens with one attached hydrogen (secondary N) is 1. The van der Waals surface area contributed by atoms with Gasteiger partial charge < -0.3 is 10.1 Å². The monoisotopic (exact) mass is 260 g/mol. The zero-order chi connectivity index (χ0) is 13.7. The van der Waals surface area contributed by atoms with Gasteiger partial charge in [0, 0.05) is 18.3 Å². The molecule has 0 aliphatic heterocycles. The minimum atomic E-state index is -0.306. The molecule has 0 radical (unpaired) electrons. The molecule has 0 spiro atoms. The molecule has 0 amide bonds. The lowest BCUT2D eigenvalue weighted by Gasteiger charge is -2.09. The van der Waals surface area contributed by atoms with Gasteiger partial charge in [-0.3, -0.25) is 0 Å². The second-order valence-corrected chi connectivity index (χ2v) is 4.26. The van der Waals surface area contributed by atoms with Crippen LogP contribution in [-0.2, 0) is 6.61 Å². The maximum Gasteiger partial charge on any atom is 0.167 e. The Labute approximate surface area is 112 Å². The molecule has 1 heterocycles. The van der Waals surface area contributed by atoms with E-state index in [1.54, 1.807) is 31.3 Å². The minimum absolute atomic E-state index is 0.274. The Kier molecular flexibility index (Phi) is 4.34. The van der Waals surface area contributed by atoms with E-state index in [-0.39, 0.29) is 11.6 Å². The van der Waals surface area contributed by atoms with E-state index >= 15 is 0 Å². The van der Waals surface area contributed by atoms with Crippen LogP contribution in [0.3, 0.4) is 0 Å². The Hall–Kier alpha value is -2.10. The molecule has 1 N–H and O–H groups in total. The third-order valence-electron chi connectivity index (χ3n) is 2.73. The molecule has 0 unspecified atom stereocenters. The van der Waals surface area contributed by atoms with Crippen LogP contribution < -0.4 is 10.1 Å². The highest BCUT2D eigenvalue weighted by Gasteiger charge is 2.06. The van der Waals surface area contributed by atoms with E-state index in [0.717, 1.165) is 17.9 Å². The molecular formula is C15H17FN2O. The van der Waals surface area contributed by atoms with Gasteiger partial charge in [-0.2, -0.15) is 0 Å². The zero-order valence-electron chi connectivity index (χ0n) is 11.1. The molecular weight excluding hydrogens is 243 g/mol. The summed E-state index contributed by atoms with van der Waals surface area (Å²) in [7, 11) is 0. The van der Waals surface area contributed by atoms with Gasteiger partial charge in [-0.15, -0.1) is 0 Å². The fourth-order valence-electron chi connectivity index (χ4n) is 1.69. The van der Waals surface area contributed by atoms with Crippen molar-refractivity contribution < 1.29 is 9.13 Å². The molecule has 0 atom stereocenters. The van der Waals surface area contributed by atoms with Crippen molar-refractivity contribution in [2.24, 2.45) is 0 Å². The van der Waals surface area contributed by atoms with Gasteiger partial charge in [-0.25, -0.2) is 9.37 Å². The predicted octanol–water partition coefficient (Wildman–Crippen LogP) is 3.54. The number of rotatable bonds is 5. The highest BCUT2D eigenvalue weighted by Crippen LogP contribution is 2.20. The Morgan fingerprint density at radius 2 is 2.11 bits per heavy atom. The van der Waals surface area contributed by atoms with Crippen LogP contribution in [0.2, 0.25) is 0 Å². The number of benzene rings is 1. The first kappa shape index (κ1) is 13.3. The van der Waals surface area contributed by atoms with Gasteiger partial charge in [0.05, 0.1) is 0 Å². The number of aromatic nitrogens is 1. The van der Waals surface area contributed by atoms with Crippen LogP contribution in [0.25, 0.3) is 0 Å². The molecule has 0 fully saturated rings. The van der Waals surface area contributed by atoms with Crippen molar-refractivity contribution in [1.29, 1.82) is 0 Å². The average molecular weight is 260 g/mol. The first-order chi connectivity index (χ1) is 9.20. The van der Waals surface area contributed by atoms with Crippen molar-refractivity contribution in [3.05, 3.63) is 53.5 Å². The average Bonchev–Trinajstić information content (AvgIpc) is 2.42. The molecule has 100 valence electrons. The van der Waals surface area contributed by atoms with Gasteiger partial charge in [0.2, 0.25) is 0 Å². The summed E-state index contributed by atoms with van der Waals surface area (Å²) in [4.78, 5) is 4.24. The summed E-state index contributed by atoms with van der Waals surface area (Å²) >= 11 is 0. The summed E-state index contributed by atoms with van der Waals surface area (Å²) < 4.78 is 19.2. The van der Waals surface area contributed by atoms with Crippen molar-refractivity contribution in [1.82, 2.24) is 4.98 Å². The number of ether oxygens (including phenoxy) is 1. The lowest BCUT2D eigenvalue weighted by atomic mass is 10.2. The van der Waals surface area contributed by atoms with E-state index in [0.29, 0.717) is 12.2 Å². The molecule has 0 bridgehead atoms.